The average molecular weight is 221 g/mol. The molecule has 0 aromatic carbocycles. The minimum Gasteiger partial charge on any atom is -0.317 e. The summed E-state index contributed by atoms with van der Waals surface area (Å²) in [5, 5.41) is 8.26. The number of hydrogen-bond donors (Lipinski definition) is 2. The highest BCUT2D eigenvalue weighted by Gasteiger charge is 2.16. The first-order valence-electron chi connectivity index (χ1n) is 4.95. The van der Waals surface area contributed by atoms with E-state index in [1.54, 1.807) is 0 Å². The molecule has 1 aliphatic heterocycles. The summed E-state index contributed by atoms with van der Waals surface area (Å²) in [4.78, 5) is 0. The fourth-order valence-electron chi connectivity index (χ4n) is 1.66. The second-order valence-corrected chi connectivity index (χ2v) is 5.50. The topological polar surface area (TPSA) is 75.4 Å². The standard InChI is InChI=1S/C8H19N3O2S/c1-11(14(9,12)13)7-4-8-2-5-10-6-3-8/h8,10H,2-7H2,1H3,(H2,9,12,13). The van der Waals surface area contributed by atoms with Crippen LogP contribution in [0.15, 0.2) is 0 Å². The summed E-state index contributed by atoms with van der Waals surface area (Å²) in [6.45, 7) is 2.62. The lowest BCUT2D eigenvalue weighted by molar-refractivity contribution is 0.326. The van der Waals surface area contributed by atoms with E-state index in [9.17, 15) is 8.42 Å². The van der Waals surface area contributed by atoms with Crippen LogP contribution in [0, 0.1) is 5.92 Å². The molecule has 0 bridgehead atoms. The van der Waals surface area contributed by atoms with Gasteiger partial charge in [0.2, 0.25) is 0 Å². The zero-order valence-electron chi connectivity index (χ0n) is 8.57. The van der Waals surface area contributed by atoms with Gasteiger partial charge in [-0.1, -0.05) is 0 Å². The Morgan fingerprint density at radius 2 is 2.00 bits per heavy atom. The first-order valence-corrected chi connectivity index (χ1v) is 6.45. The monoisotopic (exact) mass is 221 g/mol. The Balaban J connectivity index is 2.25. The number of nitrogens with one attached hydrogen (secondary N) is 1. The Morgan fingerprint density at radius 1 is 1.43 bits per heavy atom. The Hall–Kier alpha value is -0.170. The zero-order chi connectivity index (χ0) is 10.6. The molecule has 0 spiro atoms. The van der Waals surface area contributed by atoms with Crippen molar-refractivity contribution in [1.82, 2.24) is 9.62 Å². The van der Waals surface area contributed by atoms with Gasteiger partial charge in [0, 0.05) is 13.6 Å². The van der Waals surface area contributed by atoms with Gasteiger partial charge in [0.1, 0.15) is 0 Å². The number of piperidine rings is 1. The molecule has 0 aromatic rings. The minimum absolute atomic E-state index is 0.531. The summed E-state index contributed by atoms with van der Waals surface area (Å²) in [7, 11) is -1.96. The van der Waals surface area contributed by atoms with Gasteiger partial charge in [0.25, 0.3) is 10.2 Å². The molecule has 0 unspecified atom stereocenters. The summed E-state index contributed by atoms with van der Waals surface area (Å²) >= 11 is 0. The van der Waals surface area contributed by atoms with E-state index in [1.165, 1.54) is 11.4 Å². The normalized spacial score (nSPS) is 20.2. The van der Waals surface area contributed by atoms with Crippen molar-refractivity contribution in [2.45, 2.75) is 19.3 Å². The third-order valence-corrected chi connectivity index (χ3v) is 3.80. The molecule has 6 heteroatoms. The van der Waals surface area contributed by atoms with Gasteiger partial charge in [0.15, 0.2) is 0 Å². The van der Waals surface area contributed by atoms with Crippen molar-refractivity contribution in [3.63, 3.8) is 0 Å². The summed E-state index contributed by atoms with van der Waals surface area (Å²) in [5.74, 6) is 0.639. The smallest absolute Gasteiger partial charge is 0.276 e. The van der Waals surface area contributed by atoms with Gasteiger partial charge >= 0.3 is 0 Å². The quantitative estimate of drug-likeness (QED) is 0.673. The number of nitrogens with two attached hydrogens (primary N) is 1. The third kappa shape index (κ3) is 3.91. The lowest BCUT2D eigenvalue weighted by atomic mass is 9.95. The second-order valence-electron chi connectivity index (χ2n) is 3.85. The lowest BCUT2D eigenvalue weighted by Crippen LogP contribution is -2.36. The molecule has 14 heavy (non-hydrogen) atoms. The van der Waals surface area contributed by atoms with Crippen LogP contribution in [0.25, 0.3) is 0 Å². The van der Waals surface area contributed by atoms with Crippen LogP contribution in [0.3, 0.4) is 0 Å². The Labute approximate surface area is 85.8 Å². The van der Waals surface area contributed by atoms with E-state index in [0.717, 1.165) is 32.4 Å². The predicted octanol–water partition coefficient (Wildman–Crippen LogP) is -0.489. The van der Waals surface area contributed by atoms with Crippen LogP contribution in [-0.2, 0) is 10.2 Å². The van der Waals surface area contributed by atoms with E-state index in [2.05, 4.69) is 5.32 Å². The molecular weight excluding hydrogens is 202 g/mol. The van der Waals surface area contributed by atoms with Crippen molar-refractivity contribution in [3.05, 3.63) is 0 Å². The molecule has 0 atom stereocenters. The number of rotatable bonds is 4. The van der Waals surface area contributed by atoms with Crippen LogP contribution < -0.4 is 10.5 Å². The predicted molar refractivity (Wildman–Crippen MR) is 55.9 cm³/mol. The Morgan fingerprint density at radius 3 is 2.50 bits per heavy atom. The van der Waals surface area contributed by atoms with Crippen LogP contribution >= 0.6 is 0 Å². The Kier molecular flexibility index (Phi) is 4.31. The molecule has 1 saturated heterocycles. The molecular formula is C8H19N3O2S. The van der Waals surface area contributed by atoms with Gasteiger partial charge in [0.05, 0.1) is 0 Å². The van der Waals surface area contributed by atoms with E-state index in [-0.39, 0.29) is 0 Å². The molecule has 0 aromatic heterocycles. The molecule has 3 N–H and O–H groups in total. The Bertz CT molecular complexity index is 260. The van der Waals surface area contributed by atoms with E-state index >= 15 is 0 Å². The van der Waals surface area contributed by atoms with Gasteiger partial charge in [-0.25, -0.2) is 5.14 Å². The molecule has 0 aliphatic carbocycles. The summed E-state index contributed by atoms with van der Waals surface area (Å²) in [6, 6.07) is 0. The van der Waals surface area contributed by atoms with Crippen molar-refractivity contribution < 1.29 is 8.42 Å². The largest absolute Gasteiger partial charge is 0.317 e. The molecule has 5 nitrogen and oxygen atoms in total. The number of nitrogens with zero attached hydrogens (tertiary/aromatic N) is 1. The summed E-state index contributed by atoms with van der Waals surface area (Å²) in [5.41, 5.74) is 0. The summed E-state index contributed by atoms with van der Waals surface area (Å²) in [6.07, 6.45) is 3.19. The first-order chi connectivity index (χ1) is 6.50. The SMILES string of the molecule is CN(CCC1CCNCC1)S(N)(=O)=O. The molecule has 1 rings (SSSR count). The average Bonchev–Trinajstić information content (AvgIpc) is 2.14. The third-order valence-electron chi connectivity index (χ3n) is 2.75. The van der Waals surface area contributed by atoms with Gasteiger partial charge in [-0.2, -0.15) is 12.7 Å². The van der Waals surface area contributed by atoms with Crippen LogP contribution in [0.1, 0.15) is 19.3 Å². The van der Waals surface area contributed by atoms with E-state index in [1.807, 2.05) is 0 Å². The minimum atomic E-state index is -3.49. The van der Waals surface area contributed by atoms with E-state index in [4.69, 9.17) is 5.14 Å². The van der Waals surface area contributed by atoms with Gasteiger partial charge in [-0.15, -0.1) is 0 Å². The van der Waals surface area contributed by atoms with Crippen molar-refractivity contribution in [1.29, 1.82) is 0 Å². The fraction of sp³-hybridized carbons (Fsp3) is 1.00. The number of hydrogen-bond acceptors (Lipinski definition) is 3. The molecule has 0 radical (unpaired) electrons. The molecule has 1 fully saturated rings. The van der Waals surface area contributed by atoms with Crippen molar-refractivity contribution >= 4 is 10.2 Å². The van der Waals surface area contributed by atoms with Gasteiger partial charge < -0.3 is 5.32 Å². The van der Waals surface area contributed by atoms with Crippen LogP contribution in [0.4, 0.5) is 0 Å². The maximum atomic E-state index is 10.9. The molecule has 1 aliphatic rings. The van der Waals surface area contributed by atoms with Crippen LogP contribution in [0.2, 0.25) is 0 Å². The molecule has 0 saturated carbocycles. The fourth-order valence-corrected chi connectivity index (χ4v) is 2.02. The van der Waals surface area contributed by atoms with Crippen molar-refractivity contribution in [2.24, 2.45) is 11.1 Å². The molecule has 1 heterocycles. The second kappa shape index (κ2) is 5.06. The first kappa shape index (κ1) is 11.9. The zero-order valence-corrected chi connectivity index (χ0v) is 9.39. The van der Waals surface area contributed by atoms with Crippen molar-refractivity contribution in [3.8, 4) is 0 Å². The van der Waals surface area contributed by atoms with Crippen LogP contribution in [-0.4, -0.2) is 39.4 Å². The lowest BCUT2D eigenvalue weighted by Gasteiger charge is -2.24. The highest BCUT2D eigenvalue weighted by Crippen LogP contribution is 2.16. The maximum absolute atomic E-state index is 10.9. The highest BCUT2D eigenvalue weighted by atomic mass is 32.2. The molecule has 84 valence electrons. The van der Waals surface area contributed by atoms with Gasteiger partial charge in [-0.05, 0) is 38.3 Å². The maximum Gasteiger partial charge on any atom is 0.276 e. The van der Waals surface area contributed by atoms with E-state index < -0.39 is 10.2 Å². The summed E-state index contributed by atoms with van der Waals surface area (Å²) < 4.78 is 23.0. The van der Waals surface area contributed by atoms with Crippen LogP contribution in [0.5, 0.6) is 0 Å². The highest BCUT2D eigenvalue weighted by molar-refractivity contribution is 7.86. The molecule has 0 amide bonds. The van der Waals surface area contributed by atoms with E-state index in [0.29, 0.717) is 12.5 Å². The van der Waals surface area contributed by atoms with Gasteiger partial charge in [-0.3, -0.25) is 0 Å². The van der Waals surface area contributed by atoms with Crippen molar-refractivity contribution in [2.75, 3.05) is 26.7 Å².